The molecule has 0 bridgehead atoms. The second-order valence-corrected chi connectivity index (χ2v) is 5.22. The van der Waals surface area contributed by atoms with Crippen molar-refractivity contribution in [3.8, 4) is 0 Å². The standard InChI is InChI=1S/C13H22N4O2/c1-16(2)11-3-6-17(7-4-11)9-10-5-8-19-12(10)13(18)15-14/h5,8,11H,3-4,6-7,9,14H2,1-2H3,(H,15,18). The molecule has 0 saturated carbocycles. The molecule has 1 fully saturated rings. The summed E-state index contributed by atoms with van der Waals surface area (Å²) in [6, 6.07) is 2.50. The van der Waals surface area contributed by atoms with E-state index in [0.717, 1.165) is 38.0 Å². The Balaban J connectivity index is 1.93. The highest BCUT2D eigenvalue weighted by Crippen LogP contribution is 2.19. The summed E-state index contributed by atoms with van der Waals surface area (Å²) in [5.41, 5.74) is 3.00. The molecule has 1 aromatic heterocycles. The Labute approximate surface area is 113 Å². The van der Waals surface area contributed by atoms with Crippen molar-refractivity contribution in [2.75, 3.05) is 27.2 Å². The maximum Gasteiger partial charge on any atom is 0.301 e. The van der Waals surface area contributed by atoms with Gasteiger partial charge in [0.1, 0.15) is 0 Å². The molecule has 6 heteroatoms. The largest absolute Gasteiger partial charge is 0.459 e. The Morgan fingerprint density at radius 3 is 2.79 bits per heavy atom. The number of nitrogens with one attached hydrogen (secondary N) is 1. The van der Waals surface area contributed by atoms with Gasteiger partial charge in [-0.15, -0.1) is 0 Å². The van der Waals surface area contributed by atoms with E-state index in [2.05, 4.69) is 29.3 Å². The molecule has 2 rings (SSSR count). The Morgan fingerprint density at radius 1 is 1.53 bits per heavy atom. The van der Waals surface area contributed by atoms with E-state index in [-0.39, 0.29) is 5.91 Å². The molecule has 2 heterocycles. The lowest BCUT2D eigenvalue weighted by molar-refractivity contribution is 0.0920. The van der Waals surface area contributed by atoms with Gasteiger partial charge in [0.2, 0.25) is 0 Å². The average Bonchev–Trinajstić information content (AvgIpc) is 2.86. The maximum atomic E-state index is 11.5. The number of carbonyl (C=O) groups excluding carboxylic acids is 1. The number of nitrogens with zero attached hydrogens (tertiary/aromatic N) is 2. The molecule has 1 aliphatic rings. The summed E-state index contributed by atoms with van der Waals surface area (Å²) in [5.74, 6) is 5.08. The molecule has 0 aliphatic carbocycles. The first-order valence-electron chi connectivity index (χ1n) is 6.58. The van der Waals surface area contributed by atoms with E-state index in [4.69, 9.17) is 10.3 Å². The minimum absolute atomic E-state index is 0.317. The van der Waals surface area contributed by atoms with Gasteiger partial charge in [-0.25, -0.2) is 5.84 Å². The van der Waals surface area contributed by atoms with Crippen LogP contribution >= 0.6 is 0 Å². The lowest BCUT2D eigenvalue weighted by Gasteiger charge is -2.35. The average molecular weight is 266 g/mol. The molecule has 106 valence electrons. The lowest BCUT2D eigenvalue weighted by atomic mass is 10.0. The third kappa shape index (κ3) is 3.34. The van der Waals surface area contributed by atoms with Crippen LogP contribution in [0.25, 0.3) is 0 Å². The minimum atomic E-state index is -0.372. The zero-order valence-electron chi connectivity index (χ0n) is 11.6. The summed E-state index contributed by atoms with van der Waals surface area (Å²) in [6.07, 6.45) is 3.85. The molecule has 0 unspecified atom stereocenters. The van der Waals surface area contributed by atoms with E-state index in [1.165, 1.54) is 6.26 Å². The molecular formula is C13H22N4O2. The number of amides is 1. The third-order valence-electron chi connectivity index (χ3n) is 3.77. The van der Waals surface area contributed by atoms with Gasteiger partial charge in [0, 0.05) is 18.2 Å². The number of hydrogen-bond donors (Lipinski definition) is 2. The molecule has 6 nitrogen and oxygen atoms in total. The van der Waals surface area contributed by atoms with Gasteiger partial charge in [-0.3, -0.25) is 15.1 Å². The monoisotopic (exact) mass is 266 g/mol. The quantitative estimate of drug-likeness (QED) is 0.469. The first-order valence-corrected chi connectivity index (χ1v) is 6.58. The Hall–Kier alpha value is -1.37. The second-order valence-electron chi connectivity index (χ2n) is 5.22. The summed E-state index contributed by atoms with van der Waals surface area (Å²) in [4.78, 5) is 16.1. The van der Waals surface area contributed by atoms with Crippen molar-refractivity contribution in [1.29, 1.82) is 0 Å². The number of carbonyl (C=O) groups is 1. The minimum Gasteiger partial charge on any atom is -0.459 e. The summed E-state index contributed by atoms with van der Waals surface area (Å²) < 4.78 is 5.19. The number of nitrogens with two attached hydrogens (primary N) is 1. The van der Waals surface area contributed by atoms with Crippen molar-refractivity contribution in [3.05, 3.63) is 23.7 Å². The van der Waals surface area contributed by atoms with Crippen molar-refractivity contribution in [3.63, 3.8) is 0 Å². The Bertz CT molecular complexity index is 422. The van der Waals surface area contributed by atoms with Crippen LogP contribution in [0.1, 0.15) is 29.0 Å². The number of hydrazine groups is 1. The third-order valence-corrected chi connectivity index (χ3v) is 3.77. The normalized spacial score (nSPS) is 17.9. The molecule has 1 saturated heterocycles. The van der Waals surface area contributed by atoms with Gasteiger partial charge >= 0.3 is 5.91 Å². The number of likely N-dealkylation sites (tertiary alicyclic amines) is 1. The number of nitrogen functional groups attached to an aromatic ring is 1. The fourth-order valence-electron chi connectivity index (χ4n) is 2.56. The van der Waals surface area contributed by atoms with Crippen LogP contribution < -0.4 is 11.3 Å². The Kier molecular flexibility index (Phi) is 4.57. The van der Waals surface area contributed by atoms with Crippen LogP contribution in [0.5, 0.6) is 0 Å². The van der Waals surface area contributed by atoms with Crippen LogP contribution in [0.2, 0.25) is 0 Å². The molecule has 0 radical (unpaired) electrons. The van der Waals surface area contributed by atoms with Gasteiger partial charge in [-0.05, 0) is 46.1 Å². The van der Waals surface area contributed by atoms with Crippen molar-refractivity contribution >= 4 is 5.91 Å². The topological polar surface area (TPSA) is 74.7 Å². The van der Waals surface area contributed by atoms with Crippen LogP contribution in [-0.4, -0.2) is 48.9 Å². The Morgan fingerprint density at radius 2 is 2.21 bits per heavy atom. The zero-order chi connectivity index (χ0) is 13.8. The van der Waals surface area contributed by atoms with Crippen molar-refractivity contribution in [1.82, 2.24) is 15.2 Å². The maximum absolute atomic E-state index is 11.5. The van der Waals surface area contributed by atoms with Crippen molar-refractivity contribution in [2.45, 2.75) is 25.4 Å². The fraction of sp³-hybridized carbons (Fsp3) is 0.615. The lowest BCUT2D eigenvalue weighted by Crippen LogP contribution is -2.41. The SMILES string of the molecule is CN(C)C1CCN(Cc2ccoc2C(=O)NN)CC1. The van der Waals surface area contributed by atoms with E-state index in [9.17, 15) is 4.79 Å². The van der Waals surface area contributed by atoms with E-state index in [1.54, 1.807) is 0 Å². The summed E-state index contributed by atoms with van der Waals surface area (Å²) >= 11 is 0. The molecule has 3 N–H and O–H groups in total. The van der Waals surface area contributed by atoms with Gasteiger partial charge < -0.3 is 9.32 Å². The summed E-state index contributed by atoms with van der Waals surface area (Å²) in [7, 11) is 4.25. The number of furan rings is 1. The highest BCUT2D eigenvalue weighted by molar-refractivity contribution is 5.92. The first-order chi connectivity index (χ1) is 9.11. The molecule has 1 aromatic rings. The van der Waals surface area contributed by atoms with Crippen LogP contribution in [0.15, 0.2) is 16.7 Å². The second kappa shape index (κ2) is 6.18. The predicted octanol–water partition coefficient (Wildman–Crippen LogP) is 0.409. The molecule has 1 amide bonds. The highest BCUT2D eigenvalue weighted by Gasteiger charge is 2.22. The number of piperidine rings is 1. The van der Waals surface area contributed by atoms with Crippen LogP contribution in [0.4, 0.5) is 0 Å². The molecular weight excluding hydrogens is 244 g/mol. The van der Waals surface area contributed by atoms with Crippen LogP contribution in [-0.2, 0) is 6.54 Å². The summed E-state index contributed by atoms with van der Waals surface area (Å²) in [5, 5.41) is 0. The van der Waals surface area contributed by atoms with E-state index in [0.29, 0.717) is 11.8 Å². The molecule has 1 aliphatic heterocycles. The first kappa shape index (κ1) is 14.0. The molecule has 0 spiro atoms. The highest BCUT2D eigenvalue weighted by atomic mass is 16.3. The smallest absolute Gasteiger partial charge is 0.301 e. The van der Waals surface area contributed by atoms with E-state index in [1.807, 2.05) is 6.07 Å². The van der Waals surface area contributed by atoms with E-state index < -0.39 is 0 Å². The van der Waals surface area contributed by atoms with Gasteiger partial charge in [-0.1, -0.05) is 0 Å². The number of hydrogen-bond acceptors (Lipinski definition) is 5. The summed E-state index contributed by atoms with van der Waals surface area (Å²) in [6.45, 7) is 2.81. The van der Waals surface area contributed by atoms with Crippen molar-refractivity contribution < 1.29 is 9.21 Å². The van der Waals surface area contributed by atoms with Crippen LogP contribution in [0, 0.1) is 0 Å². The van der Waals surface area contributed by atoms with Gasteiger partial charge in [-0.2, -0.15) is 0 Å². The van der Waals surface area contributed by atoms with Crippen LogP contribution in [0.3, 0.4) is 0 Å². The molecule has 19 heavy (non-hydrogen) atoms. The zero-order valence-corrected chi connectivity index (χ0v) is 11.6. The van der Waals surface area contributed by atoms with Gasteiger partial charge in [0.15, 0.2) is 5.76 Å². The molecule has 0 atom stereocenters. The fourth-order valence-corrected chi connectivity index (χ4v) is 2.56. The van der Waals surface area contributed by atoms with Crippen molar-refractivity contribution in [2.24, 2.45) is 5.84 Å². The predicted molar refractivity (Wildman–Crippen MR) is 72.3 cm³/mol. The van der Waals surface area contributed by atoms with Gasteiger partial charge in [0.25, 0.3) is 0 Å². The van der Waals surface area contributed by atoms with Gasteiger partial charge in [0.05, 0.1) is 6.26 Å². The number of rotatable bonds is 4. The molecule has 0 aromatic carbocycles. The van der Waals surface area contributed by atoms with E-state index >= 15 is 0 Å².